The Labute approximate surface area is 354 Å². The molecule has 0 N–H and O–H groups in total. The summed E-state index contributed by atoms with van der Waals surface area (Å²) in [5.74, 6) is 8.01. The minimum absolute atomic E-state index is 0. The van der Waals surface area contributed by atoms with Crippen molar-refractivity contribution < 1.29 is 24.5 Å². The number of fused-ring (bicyclic) bond motifs is 6. The summed E-state index contributed by atoms with van der Waals surface area (Å²) in [6.07, 6.45) is 3.19. The molecule has 10 rings (SSSR count). The third-order valence-corrected chi connectivity index (χ3v) is 14.7. The fraction of sp³-hybridized carbons (Fsp3) is 0.120. The van der Waals surface area contributed by atoms with E-state index in [2.05, 4.69) is 113 Å². The van der Waals surface area contributed by atoms with Crippen LogP contribution in [0, 0.1) is 19.1 Å². The van der Waals surface area contributed by atoms with Gasteiger partial charge in [0.15, 0.2) is 0 Å². The Morgan fingerprint density at radius 1 is 0.707 bits per heavy atom. The molecule has 5 aromatic carbocycles. The van der Waals surface area contributed by atoms with Crippen LogP contribution in [0.15, 0.2) is 150 Å². The predicted octanol–water partition coefficient (Wildman–Crippen LogP) is 12.0. The number of hydrogen-bond donors (Lipinski definition) is 0. The molecule has 8 heteroatoms. The van der Waals surface area contributed by atoms with Crippen molar-refractivity contribution in [2.75, 3.05) is 0 Å². The van der Waals surface area contributed by atoms with Crippen LogP contribution < -0.4 is 4.40 Å². The fourth-order valence-electron chi connectivity index (χ4n) is 7.56. The molecule has 0 atom stereocenters. The van der Waals surface area contributed by atoms with Crippen LogP contribution in [0.5, 0.6) is 0 Å². The Bertz CT molecular complexity index is 3050. The van der Waals surface area contributed by atoms with E-state index in [0.717, 1.165) is 84.4 Å². The Morgan fingerprint density at radius 3 is 2.21 bits per heavy atom. The number of furan rings is 1. The third-order valence-electron chi connectivity index (χ3n) is 10.4. The number of para-hydroxylation sites is 1. The molecule has 0 amide bonds. The van der Waals surface area contributed by atoms with Crippen molar-refractivity contribution in [3.63, 3.8) is 0 Å². The normalized spacial score (nSPS) is 11.5. The van der Waals surface area contributed by atoms with Gasteiger partial charge in [0.25, 0.3) is 0 Å². The zero-order chi connectivity index (χ0) is 39.1. The summed E-state index contributed by atoms with van der Waals surface area (Å²) in [5, 5.41) is 3.02. The number of pyridine rings is 3. The standard InChI is InChI=1S/C34H21N4O.C16H20GeN.Ir/c1-21-15-16-23-17-19-29-31(30(23)35-21)38(24-11-6-3-7-12-24)33(36-29)27-14-8-13-25-26-18-20-28(22-9-4-2-5-10-22)37-34(26)39-32(25)27;1-5-13-11-16(14-9-7-6-8-10-14)18-12-15(13)17(2,3)4;/h2-13,15-20H,1H3;6-9,11-12H,5H2,1-4H3;/q2*-1;. The number of hydrogen-bond acceptors (Lipinski definition) is 5. The van der Waals surface area contributed by atoms with Crippen molar-refractivity contribution >= 4 is 61.7 Å². The fourth-order valence-corrected chi connectivity index (χ4v) is 11.1. The monoisotopic (exact) mass is 994 g/mol. The van der Waals surface area contributed by atoms with Crippen LogP contribution in [-0.2, 0) is 26.5 Å². The first-order valence-electron chi connectivity index (χ1n) is 19.4. The minimum atomic E-state index is -1.80. The first kappa shape index (κ1) is 39.1. The van der Waals surface area contributed by atoms with Gasteiger partial charge in [-0.1, -0.05) is 71.6 Å². The molecule has 0 aliphatic carbocycles. The van der Waals surface area contributed by atoms with E-state index in [0.29, 0.717) is 11.3 Å². The Morgan fingerprint density at radius 2 is 1.47 bits per heavy atom. The van der Waals surface area contributed by atoms with Crippen LogP contribution in [0.4, 0.5) is 0 Å². The number of nitrogens with zero attached hydrogens (tertiary/aromatic N) is 5. The topological polar surface area (TPSA) is 69.6 Å². The second-order valence-electron chi connectivity index (χ2n) is 15.3. The van der Waals surface area contributed by atoms with Crippen molar-refractivity contribution in [1.82, 2.24) is 24.5 Å². The zero-order valence-corrected chi connectivity index (χ0v) is 37.5. The van der Waals surface area contributed by atoms with Crippen LogP contribution in [0.3, 0.4) is 0 Å². The van der Waals surface area contributed by atoms with E-state index in [1.807, 2.05) is 85.8 Å². The number of imidazole rings is 1. The maximum atomic E-state index is 6.48. The summed E-state index contributed by atoms with van der Waals surface area (Å²) in [6, 6.07) is 53.8. The van der Waals surface area contributed by atoms with Crippen LogP contribution in [-0.4, -0.2) is 37.8 Å². The number of aromatic nitrogens is 5. The molecule has 0 unspecified atom stereocenters. The van der Waals surface area contributed by atoms with Gasteiger partial charge in [-0.15, -0.1) is 18.2 Å². The summed E-state index contributed by atoms with van der Waals surface area (Å²) in [7, 11) is 0. The van der Waals surface area contributed by atoms with Crippen molar-refractivity contribution in [3.8, 4) is 39.6 Å². The molecule has 0 saturated carbocycles. The summed E-state index contributed by atoms with van der Waals surface area (Å²) in [5.41, 5.74) is 12.3. The van der Waals surface area contributed by atoms with Gasteiger partial charge >= 0.3 is 113 Å². The maximum Gasteiger partial charge on any atom is 0.216 e. The van der Waals surface area contributed by atoms with Crippen molar-refractivity contribution in [2.24, 2.45) is 0 Å². The summed E-state index contributed by atoms with van der Waals surface area (Å²) < 4.78 is 10.2. The molecule has 10 aromatic rings. The Balaban J connectivity index is 0.000000209. The first-order valence-corrected chi connectivity index (χ1v) is 26.7. The summed E-state index contributed by atoms with van der Waals surface area (Å²) >= 11 is -1.80. The van der Waals surface area contributed by atoms with Crippen LogP contribution in [0.2, 0.25) is 17.3 Å². The van der Waals surface area contributed by atoms with Crippen molar-refractivity contribution in [2.45, 2.75) is 37.5 Å². The maximum absolute atomic E-state index is 6.48. The predicted molar refractivity (Wildman–Crippen MR) is 237 cm³/mol. The zero-order valence-electron chi connectivity index (χ0n) is 33.0. The van der Waals surface area contributed by atoms with Crippen LogP contribution in [0.25, 0.3) is 83.6 Å². The van der Waals surface area contributed by atoms with Gasteiger partial charge in [0.2, 0.25) is 5.71 Å². The summed E-state index contributed by atoms with van der Waals surface area (Å²) in [4.78, 5) is 19.6. The van der Waals surface area contributed by atoms with Gasteiger partial charge in [-0.3, -0.25) is 9.97 Å². The van der Waals surface area contributed by atoms with E-state index in [-0.39, 0.29) is 20.1 Å². The molecule has 0 fully saturated rings. The average Bonchev–Trinajstić information content (AvgIpc) is 3.83. The van der Waals surface area contributed by atoms with Gasteiger partial charge in [0, 0.05) is 47.8 Å². The van der Waals surface area contributed by atoms with Gasteiger partial charge in [-0.25, -0.2) is 4.98 Å². The van der Waals surface area contributed by atoms with Gasteiger partial charge < -0.3 is 8.98 Å². The first-order chi connectivity index (χ1) is 27.8. The van der Waals surface area contributed by atoms with E-state index in [1.54, 1.807) is 0 Å². The molecule has 58 heavy (non-hydrogen) atoms. The molecule has 0 aliphatic rings. The molecule has 5 heterocycles. The third kappa shape index (κ3) is 7.42. The molecule has 0 aliphatic heterocycles. The minimum Gasteiger partial charge on any atom is -0.486 e. The van der Waals surface area contributed by atoms with Crippen molar-refractivity contribution in [1.29, 1.82) is 0 Å². The molecule has 287 valence electrons. The largest absolute Gasteiger partial charge is 0.486 e. The number of rotatable bonds is 6. The average molecular weight is 993 g/mol. The molecular weight excluding hydrogens is 951 g/mol. The van der Waals surface area contributed by atoms with Gasteiger partial charge in [0.05, 0.1) is 33.7 Å². The van der Waals surface area contributed by atoms with E-state index < -0.39 is 13.3 Å². The molecular formula is C50H41GeIrN5O-2. The van der Waals surface area contributed by atoms with Crippen LogP contribution >= 0.6 is 0 Å². The molecule has 6 nitrogen and oxygen atoms in total. The Kier molecular flexibility index (Phi) is 11.0. The number of aryl methyl sites for hydroxylation is 2. The van der Waals surface area contributed by atoms with E-state index in [1.165, 1.54) is 9.96 Å². The van der Waals surface area contributed by atoms with E-state index in [9.17, 15) is 0 Å². The van der Waals surface area contributed by atoms with Gasteiger partial charge in [0.1, 0.15) is 0 Å². The molecule has 1 radical (unpaired) electrons. The molecule has 5 aromatic heterocycles. The second-order valence-corrected chi connectivity index (χ2v) is 25.9. The Hall–Kier alpha value is -5.73. The molecule has 0 spiro atoms. The van der Waals surface area contributed by atoms with Crippen molar-refractivity contribution in [3.05, 3.63) is 169 Å². The van der Waals surface area contributed by atoms with Gasteiger partial charge in [-0.05, 0) is 43.3 Å². The molecule has 0 saturated heterocycles. The second kappa shape index (κ2) is 16.3. The van der Waals surface area contributed by atoms with E-state index >= 15 is 0 Å². The quantitative estimate of drug-likeness (QED) is 0.123. The SMILES string of the molecule is CCc1cc(-c2[c-]cccc2)nc[c]1[Ge]([CH3])([CH3])[CH3].Cc1ccc2ccc3nc(-c4[c-]ccc5c4oc4nc(-c6ccccc6)ccc45)n(-c4ccccc4)c3c2n1.[Ir]. The van der Waals surface area contributed by atoms with Gasteiger partial charge in [-0.2, -0.15) is 0 Å². The summed E-state index contributed by atoms with van der Waals surface area (Å²) in [6.45, 7) is 4.24. The van der Waals surface area contributed by atoms with Crippen LogP contribution in [0.1, 0.15) is 18.2 Å². The number of benzene rings is 5. The smallest absolute Gasteiger partial charge is 0.216 e. The molecule has 0 bridgehead atoms. The van der Waals surface area contributed by atoms with E-state index in [4.69, 9.17) is 19.4 Å².